The van der Waals surface area contributed by atoms with Crippen LogP contribution in [0.3, 0.4) is 0 Å². The standard InChI is InChI=1S/C17H18FN3O/c1-12-10-13(18)5-6-14(12)16-11-21(8-9-22-2)17-15(20-16)4-3-7-19-17/h3-7,10H,8-9,11H2,1-2H3. The van der Waals surface area contributed by atoms with Gasteiger partial charge in [-0.25, -0.2) is 14.4 Å². The highest BCUT2D eigenvalue weighted by Gasteiger charge is 2.22. The molecule has 114 valence electrons. The van der Waals surface area contributed by atoms with E-state index < -0.39 is 0 Å². The molecule has 22 heavy (non-hydrogen) atoms. The van der Waals surface area contributed by atoms with Gasteiger partial charge in [0, 0.05) is 25.4 Å². The fraction of sp³-hybridized carbons (Fsp3) is 0.294. The summed E-state index contributed by atoms with van der Waals surface area (Å²) in [5.74, 6) is 0.638. The number of anilines is 1. The van der Waals surface area contributed by atoms with Crippen LogP contribution in [0.15, 0.2) is 41.5 Å². The quantitative estimate of drug-likeness (QED) is 0.870. The molecule has 0 atom stereocenters. The Morgan fingerprint density at radius 2 is 2.18 bits per heavy atom. The lowest BCUT2D eigenvalue weighted by Gasteiger charge is -2.29. The largest absolute Gasteiger partial charge is 0.383 e. The van der Waals surface area contributed by atoms with Crippen LogP contribution in [-0.2, 0) is 4.74 Å². The van der Waals surface area contributed by atoms with E-state index in [-0.39, 0.29) is 5.82 Å². The van der Waals surface area contributed by atoms with Crippen molar-refractivity contribution < 1.29 is 9.13 Å². The van der Waals surface area contributed by atoms with Crippen molar-refractivity contribution in [3.63, 3.8) is 0 Å². The molecule has 0 spiro atoms. The number of halogens is 1. The molecule has 1 aliphatic heterocycles. The molecule has 0 amide bonds. The molecular weight excluding hydrogens is 281 g/mol. The summed E-state index contributed by atoms with van der Waals surface area (Å²) in [6.45, 7) is 3.89. The number of rotatable bonds is 4. The molecule has 0 aliphatic carbocycles. The molecule has 1 aromatic carbocycles. The van der Waals surface area contributed by atoms with Crippen LogP contribution in [0.4, 0.5) is 15.9 Å². The number of ether oxygens (including phenoxy) is 1. The lowest BCUT2D eigenvalue weighted by Crippen LogP contribution is -2.36. The zero-order chi connectivity index (χ0) is 15.5. The van der Waals surface area contributed by atoms with Crippen molar-refractivity contribution in [2.75, 3.05) is 31.7 Å². The molecule has 3 rings (SSSR count). The minimum Gasteiger partial charge on any atom is -0.383 e. The predicted octanol–water partition coefficient (Wildman–Crippen LogP) is 3.12. The third-order valence-corrected chi connectivity index (χ3v) is 3.73. The molecule has 0 saturated carbocycles. The first-order chi connectivity index (χ1) is 10.7. The molecule has 1 aliphatic rings. The number of nitrogens with zero attached hydrogens (tertiary/aromatic N) is 3. The molecule has 1 aromatic heterocycles. The van der Waals surface area contributed by atoms with Gasteiger partial charge in [-0.3, -0.25) is 0 Å². The second kappa shape index (κ2) is 6.23. The molecule has 0 saturated heterocycles. The highest BCUT2D eigenvalue weighted by atomic mass is 19.1. The van der Waals surface area contributed by atoms with Crippen molar-refractivity contribution >= 4 is 17.2 Å². The number of aliphatic imine (C=N–C) groups is 1. The van der Waals surface area contributed by atoms with E-state index in [1.165, 1.54) is 12.1 Å². The van der Waals surface area contributed by atoms with E-state index in [9.17, 15) is 4.39 Å². The summed E-state index contributed by atoms with van der Waals surface area (Å²) in [6.07, 6.45) is 1.77. The summed E-state index contributed by atoms with van der Waals surface area (Å²) in [7, 11) is 1.68. The number of fused-ring (bicyclic) bond motifs is 1. The summed E-state index contributed by atoms with van der Waals surface area (Å²) < 4.78 is 18.5. The molecule has 5 heteroatoms. The molecule has 0 unspecified atom stereocenters. The fourth-order valence-electron chi connectivity index (χ4n) is 2.64. The molecule has 4 nitrogen and oxygen atoms in total. The highest BCUT2D eigenvalue weighted by Crippen LogP contribution is 2.31. The number of benzene rings is 1. The Labute approximate surface area is 129 Å². The zero-order valence-corrected chi connectivity index (χ0v) is 12.7. The van der Waals surface area contributed by atoms with Crippen molar-refractivity contribution in [1.82, 2.24) is 4.98 Å². The first-order valence-corrected chi connectivity index (χ1v) is 7.22. The molecule has 0 fully saturated rings. The number of pyridine rings is 1. The van der Waals surface area contributed by atoms with Crippen LogP contribution in [-0.4, -0.2) is 37.5 Å². The average molecular weight is 299 g/mol. The smallest absolute Gasteiger partial charge is 0.154 e. The predicted molar refractivity (Wildman–Crippen MR) is 85.7 cm³/mol. The number of aryl methyl sites for hydroxylation is 1. The molecule has 2 heterocycles. The first kappa shape index (κ1) is 14.7. The zero-order valence-electron chi connectivity index (χ0n) is 12.7. The molecule has 0 radical (unpaired) electrons. The maximum absolute atomic E-state index is 13.3. The highest BCUT2D eigenvalue weighted by molar-refractivity contribution is 6.08. The van der Waals surface area contributed by atoms with Crippen LogP contribution in [0, 0.1) is 12.7 Å². The molecular formula is C17H18FN3O. The second-order valence-electron chi connectivity index (χ2n) is 5.28. The summed E-state index contributed by atoms with van der Waals surface area (Å²) in [5.41, 5.74) is 3.62. The van der Waals surface area contributed by atoms with Gasteiger partial charge >= 0.3 is 0 Å². The Morgan fingerprint density at radius 3 is 2.95 bits per heavy atom. The van der Waals surface area contributed by atoms with E-state index >= 15 is 0 Å². The SMILES string of the molecule is COCCN1CC(c2ccc(F)cc2C)=Nc2cccnc21. The van der Waals surface area contributed by atoms with Crippen LogP contribution in [0.2, 0.25) is 0 Å². The monoisotopic (exact) mass is 299 g/mol. The molecule has 2 aromatic rings. The Kier molecular flexibility index (Phi) is 4.15. The topological polar surface area (TPSA) is 37.7 Å². The minimum absolute atomic E-state index is 0.226. The van der Waals surface area contributed by atoms with Crippen LogP contribution < -0.4 is 4.90 Å². The van der Waals surface area contributed by atoms with Gasteiger partial charge in [0.15, 0.2) is 5.82 Å². The van der Waals surface area contributed by atoms with E-state index in [1.807, 2.05) is 19.1 Å². The van der Waals surface area contributed by atoms with Crippen LogP contribution >= 0.6 is 0 Å². The number of hydrogen-bond donors (Lipinski definition) is 0. The third-order valence-electron chi connectivity index (χ3n) is 3.73. The van der Waals surface area contributed by atoms with E-state index in [4.69, 9.17) is 9.73 Å². The van der Waals surface area contributed by atoms with Gasteiger partial charge in [0.25, 0.3) is 0 Å². The van der Waals surface area contributed by atoms with Crippen LogP contribution in [0.25, 0.3) is 0 Å². The van der Waals surface area contributed by atoms with Crippen molar-refractivity contribution in [3.05, 3.63) is 53.5 Å². The fourth-order valence-corrected chi connectivity index (χ4v) is 2.64. The van der Waals surface area contributed by atoms with Gasteiger partial charge < -0.3 is 9.64 Å². The van der Waals surface area contributed by atoms with Gasteiger partial charge in [0.1, 0.15) is 11.5 Å². The van der Waals surface area contributed by atoms with Gasteiger partial charge in [-0.1, -0.05) is 0 Å². The van der Waals surface area contributed by atoms with Gasteiger partial charge in [0.05, 0.1) is 18.9 Å². The van der Waals surface area contributed by atoms with Crippen molar-refractivity contribution in [3.8, 4) is 0 Å². The van der Waals surface area contributed by atoms with Crippen molar-refractivity contribution in [2.45, 2.75) is 6.92 Å². The number of methoxy groups -OCH3 is 1. The Bertz CT molecular complexity index is 715. The Morgan fingerprint density at radius 1 is 1.32 bits per heavy atom. The normalized spacial score (nSPS) is 13.8. The summed E-state index contributed by atoms with van der Waals surface area (Å²) in [6, 6.07) is 8.62. The van der Waals surface area contributed by atoms with Gasteiger partial charge in [-0.2, -0.15) is 0 Å². The van der Waals surface area contributed by atoms with Gasteiger partial charge in [0.2, 0.25) is 0 Å². The number of aromatic nitrogens is 1. The average Bonchev–Trinajstić information content (AvgIpc) is 2.52. The Balaban J connectivity index is 2.01. The lowest BCUT2D eigenvalue weighted by atomic mass is 10.0. The van der Waals surface area contributed by atoms with E-state index in [2.05, 4.69) is 9.88 Å². The molecule has 0 bridgehead atoms. The van der Waals surface area contributed by atoms with E-state index in [1.54, 1.807) is 19.4 Å². The summed E-state index contributed by atoms with van der Waals surface area (Å²) in [5, 5.41) is 0. The summed E-state index contributed by atoms with van der Waals surface area (Å²) >= 11 is 0. The maximum Gasteiger partial charge on any atom is 0.154 e. The van der Waals surface area contributed by atoms with Crippen molar-refractivity contribution in [1.29, 1.82) is 0 Å². The van der Waals surface area contributed by atoms with Gasteiger partial charge in [-0.15, -0.1) is 0 Å². The first-order valence-electron chi connectivity index (χ1n) is 7.22. The van der Waals surface area contributed by atoms with E-state index in [0.29, 0.717) is 13.2 Å². The lowest BCUT2D eigenvalue weighted by molar-refractivity contribution is 0.206. The van der Waals surface area contributed by atoms with Crippen LogP contribution in [0.5, 0.6) is 0 Å². The second-order valence-corrected chi connectivity index (χ2v) is 5.28. The van der Waals surface area contributed by atoms with Gasteiger partial charge in [-0.05, 0) is 42.8 Å². The maximum atomic E-state index is 13.3. The van der Waals surface area contributed by atoms with E-state index in [0.717, 1.165) is 34.9 Å². The summed E-state index contributed by atoms with van der Waals surface area (Å²) in [4.78, 5) is 11.3. The third kappa shape index (κ3) is 2.85. The molecule has 0 N–H and O–H groups in total. The number of hydrogen-bond acceptors (Lipinski definition) is 4. The Hall–Kier alpha value is -2.27. The van der Waals surface area contributed by atoms with Crippen molar-refractivity contribution in [2.24, 2.45) is 4.99 Å². The minimum atomic E-state index is -0.226. The van der Waals surface area contributed by atoms with Crippen LogP contribution in [0.1, 0.15) is 11.1 Å².